The van der Waals surface area contributed by atoms with Gasteiger partial charge in [0.25, 0.3) is 0 Å². The van der Waals surface area contributed by atoms with E-state index in [4.69, 9.17) is 5.73 Å². The second-order valence-corrected chi connectivity index (χ2v) is 4.10. The molecule has 0 spiro atoms. The lowest BCUT2D eigenvalue weighted by Crippen LogP contribution is -2.05. The minimum atomic E-state index is 0.766. The van der Waals surface area contributed by atoms with Crippen LogP contribution in [0.1, 0.15) is 22.8 Å². The molecule has 0 unspecified atom stereocenters. The Kier molecular flexibility index (Phi) is 3.32. The summed E-state index contributed by atoms with van der Waals surface area (Å²) in [7, 11) is 0. The molecule has 1 aromatic carbocycles. The normalized spacial score (nSPS) is 10.5. The zero-order valence-electron chi connectivity index (χ0n) is 10.1. The lowest BCUT2D eigenvalue weighted by molar-refractivity contribution is 0.773. The number of hydrogen-bond acceptors (Lipinski definition) is 4. The van der Waals surface area contributed by atoms with Crippen LogP contribution in [0, 0.1) is 13.8 Å². The molecule has 0 bridgehead atoms. The van der Waals surface area contributed by atoms with Gasteiger partial charge in [-0.15, -0.1) is 5.10 Å². The first kappa shape index (κ1) is 11.5. The lowest BCUT2D eigenvalue weighted by Gasteiger charge is -2.05. The molecule has 0 aliphatic heterocycles. The minimum Gasteiger partial charge on any atom is -0.399 e. The van der Waals surface area contributed by atoms with E-state index < -0.39 is 0 Å². The molecule has 88 valence electrons. The highest BCUT2D eigenvalue weighted by atomic mass is 15.2. The van der Waals surface area contributed by atoms with Gasteiger partial charge in [0, 0.05) is 12.1 Å². The van der Waals surface area contributed by atoms with Crippen molar-refractivity contribution in [2.24, 2.45) is 0 Å². The smallest absolute Gasteiger partial charge is 0.151 e. The fraction of sp³-hybridized carbons (Fsp3) is 0.308. The van der Waals surface area contributed by atoms with Gasteiger partial charge < -0.3 is 5.73 Å². The molecule has 0 amide bonds. The van der Waals surface area contributed by atoms with E-state index >= 15 is 0 Å². The topological polar surface area (TPSA) is 64.7 Å². The fourth-order valence-electron chi connectivity index (χ4n) is 1.62. The quantitative estimate of drug-likeness (QED) is 0.814. The molecular formula is C13H16N4. The van der Waals surface area contributed by atoms with Crippen LogP contribution in [0.2, 0.25) is 0 Å². The van der Waals surface area contributed by atoms with E-state index in [1.54, 1.807) is 0 Å². The van der Waals surface area contributed by atoms with Crippen LogP contribution < -0.4 is 5.73 Å². The van der Waals surface area contributed by atoms with Gasteiger partial charge in [-0.25, -0.2) is 4.98 Å². The number of benzene rings is 1. The molecule has 0 atom stereocenters. The number of rotatable bonds is 3. The van der Waals surface area contributed by atoms with Crippen molar-refractivity contribution >= 4 is 5.69 Å². The van der Waals surface area contributed by atoms with Crippen molar-refractivity contribution in [3.63, 3.8) is 0 Å². The molecule has 0 aliphatic rings. The summed E-state index contributed by atoms with van der Waals surface area (Å²) in [5.41, 5.74) is 9.66. The van der Waals surface area contributed by atoms with E-state index in [1.807, 2.05) is 38.1 Å². The number of hydrogen-bond donors (Lipinski definition) is 1. The SMILES string of the molecule is Cc1nnc(CCc2ccccc2N)nc1C. The molecule has 0 fully saturated rings. The van der Waals surface area contributed by atoms with Crippen LogP contribution in [0.4, 0.5) is 5.69 Å². The lowest BCUT2D eigenvalue weighted by atomic mass is 10.1. The van der Waals surface area contributed by atoms with Crippen LogP contribution in [-0.4, -0.2) is 15.2 Å². The Morgan fingerprint density at radius 3 is 2.47 bits per heavy atom. The molecule has 0 saturated heterocycles. The third-order valence-corrected chi connectivity index (χ3v) is 2.81. The maximum atomic E-state index is 5.88. The molecule has 0 saturated carbocycles. The summed E-state index contributed by atoms with van der Waals surface area (Å²) >= 11 is 0. The first-order chi connectivity index (χ1) is 8.16. The van der Waals surface area contributed by atoms with Crippen LogP contribution in [0.25, 0.3) is 0 Å². The van der Waals surface area contributed by atoms with E-state index in [-0.39, 0.29) is 0 Å². The maximum absolute atomic E-state index is 5.88. The second kappa shape index (κ2) is 4.91. The van der Waals surface area contributed by atoms with E-state index in [0.29, 0.717) is 0 Å². The number of nitrogens with two attached hydrogens (primary N) is 1. The highest BCUT2D eigenvalue weighted by Gasteiger charge is 2.03. The molecule has 2 aromatic rings. The standard InChI is InChI=1S/C13H16N4/c1-9-10(2)16-17-13(15-9)8-7-11-5-3-4-6-12(11)14/h3-6H,7-8,14H2,1-2H3. The molecule has 4 heteroatoms. The third kappa shape index (κ3) is 2.78. The predicted octanol–water partition coefficient (Wildman–Crippen LogP) is 1.86. The Bertz CT molecular complexity index is 523. The van der Waals surface area contributed by atoms with Crippen molar-refractivity contribution < 1.29 is 0 Å². The van der Waals surface area contributed by atoms with E-state index in [9.17, 15) is 0 Å². The number of nitrogens with zero attached hydrogens (tertiary/aromatic N) is 3. The van der Waals surface area contributed by atoms with Crippen LogP contribution >= 0.6 is 0 Å². The van der Waals surface area contributed by atoms with Crippen molar-refractivity contribution in [1.82, 2.24) is 15.2 Å². The average molecular weight is 228 g/mol. The Morgan fingerprint density at radius 2 is 1.76 bits per heavy atom. The van der Waals surface area contributed by atoms with Crippen molar-refractivity contribution in [1.29, 1.82) is 0 Å². The highest BCUT2D eigenvalue weighted by Crippen LogP contribution is 2.12. The largest absolute Gasteiger partial charge is 0.399 e. The van der Waals surface area contributed by atoms with E-state index in [1.165, 1.54) is 0 Å². The summed E-state index contributed by atoms with van der Waals surface area (Å²) in [6.45, 7) is 3.86. The van der Waals surface area contributed by atoms with Crippen LogP contribution in [0.5, 0.6) is 0 Å². The summed E-state index contributed by atoms with van der Waals surface area (Å²) < 4.78 is 0. The number of aryl methyl sites for hydroxylation is 4. The van der Waals surface area contributed by atoms with E-state index in [0.717, 1.165) is 41.3 Å². The van der Waals surface area contributed by atoms with Crippen molar-refractivity contribution in [3.8, 4) is 0 Å². The van der Waals surface area contributed by atoms with Gasteiger partial charge in [0.05, 0.1) is 11.4 Å². The molecule has 0 aliphatic carbocycles. The average Bonchev–Trinajstić information content (AvgIpc) is 2.32. The summed E-state index contributed by atoms with van der Waals surface area (Å²) in [6, 6.07) is 7.87. The Balaban J connectivity index is 2.08. The van der Waals surface area contributed by atoms with Crippen LogP contribution in [-0.2, 0) is 12.8 Å². The summed E-state index contributed by atoms with van der Waals surface area (Å²) in [5.74, 6) is 0.774. The Hall–Kier alpha value is -1.97. The number of anilines is 1. The van der Waals surface area contributed by atoms with Gasteiger partial charge >= 0.3 is 0 Å². The van der Waals surface area contributed by atoms with Crippen molar-refractivity contribution in [2.45, 2.75) is 26.7 Å². The zero-order chi connectivity index (χ0) is 12.3. The predicted molar refractivity (Wildman–Crippen MR) is 67.6 cm³/mol. The van der Waals surface area contributed by atoms with Gasteiger partial charge in [-0.2, -0.15) is 5.10 Å². The molecule has 1 heterocycles. The number of para-hydroxylation sites is 1. The molecular weight excluding hydrogens is 212 g/mol. The minimum absolute atomic E-state index is 0.766. The monoisotopic (exact) mass is 228 g/mol. The maximum Gasteiger partial charge on any atom is 0.151 e. The Labute approximate surface area is 101 Å². The third-order valence-electron chi connectivity index (χ3n) is 2.81. The first-order valence-electron chi connectivity index (χ1n) is 5.67. The molecule has 2 rings (SSSR count). The molecule has 4 nitrogen and oxygen atoms in total. The van der Waals surface area contributed by atoms with Crippen molar-refractivity contribution in [3.05, 3.63) is 47.0 Å². The molecule has 0 radical (unpaired) electrons. The first-order valence-corrected chi connectivity index (χ1v) is 5.67. The van der Waals surface area contributed by atoms with Crippen molar-refractivity contribution in [2.75, 3.05) is 5.73 Å². The van der Waals surface area contributed by atoms with Crippen LogP contribution in [0.15, 0.2) is 24.3 Å². The number of nitrogen functional groups attached to an aromatic ring is 1. The van der Waals surface area contributed by atoms with Gasteiger partial charge in [-0.3, -0.25) is 0 Å². The zero-order valence-corrected chi connectivity index (χ0v) is 10.1. The van der Waals surface area contributed by atoms with Crippen LogP contribution in [0.3, 0.4) is 0 Å². The number of aromatic nitrogens is 3. The molecule has 2 N–H and O–H groups in total. The fourth-order valence-corrected chi connectivity index (χ4v) is 1.62. The second-order valence-electron chi connectivity index (χ2n) is 4.10. The highest BCUT2D eigenvalue weighted by molar-refractivity contribution is 5.46. The summed E-state index contributed by atoms with van der Waals surface area (Å²) in [4.78, 5) is 4.40. The van der Waals surface area contributed by atoms with Gasteiger partial charge in [-0.1, -0.05) is 18.2 Å². The van der Waals surface area contributed by atoms with Gasteiger partial charge in [-0.05, 0) is 31.9 Å². The van der Waals surface area contributed by atoms with E-state index in [2.05, 4.69) is 15.2 Å². The van der Waals surface area contributed by atoms with Gasteiger partial charge in [0.1, 0.15) is 0 Å². The van der Waals surface area contributed by atoms with Gasteiger partial charge in [0.15, 0.2) is 5.82 Å². The van der Waals surface area contributed by atoms with Gasteiger partial charge in [0.2, 0.25) is 0 Å². The molecule has 17 heavy (non-hydrogen) atoms. The summed E-state index contributed by atoms with van der Waals surface area (Å²) in [6.07, 6.45) is 1.61. The summed E-state index contributed by atoms with van der Waals surface area (Å²) in [5, 5.41) is 8.15. The molecule has 1 aromatic heterocycles. The Morgan fingerprint density at radius 1 is 1.00 bits per heavy atom.